The summed E-state index contributed by atoms with van der Waals surface area (Å²) in [5, 5.41) is 18.1. The van der Waals surface area contributed by atoms with E-state index >= 15 is 0 Å². The van der Waals surface area contributed by atoms with Gasteiger partial charge in [0.15, 0.2) is 0 Å². The number of tetrazole rings is 1. The minimum atomic E-state index is -0.0629. The molecule has 1 aliphatic carbocycles. The topological polar surface area (TPSA) is 106 Å². The number of nitrogens with one attached hydrogen (secondary N) is 2. The van der Waals surface area contributed by atoms with Gasteiger partial charge in [-0.25, -0.2) is 0 Å². The molecule has 1 aliphatic rings. The number of halogens is 1. The third-order valence-corrected chi connectivity index (χ3v) is 5.81. The molecule has 1 amide bonds. The van der Waals surface area contributed by atoms with Crippen molar-refractivity contribution in [2.75, 3.05) is 12.4 Å². The number of amides is 1. The van der Waals surface area contributed by atoms with E-state index in [1.807, 2.05) is 48.5 Å². The molecule has 2 aromatic heterocycles. The Morgan fingerprint density at radius 3 is 2.72 bits per heavy atom. The summed E-state index contributed by atoms with van der Waals surface area (Å²) in [5.74, 6) is 1.20. The summed E-state index contributed by atoms with van der Waals surface area (Å²) in [6.07, 6.45) is 4.19. The van der Waals surface area contributed by atoms with Crippen molar-refractivity contribution in [2.24, 2.45) is 5.92 Å². The number of rotatable bonds is 6. The zero-order valence-corrected chi connectivity index (χ0v) is 17.9. The Morgan fingerprint density at radius 1 is 1.12 bits per heavy atom. The molecule has 5 rings (SSSR count). The predicted octanol–water partition coefficient (Wildman–Crippen LogP) is 4.33. The quantitative estimate of drug-likeness (QED) is 0.456. The summed E-state index contributed by atoms with van der Waals surface area (Å²) in [5.41, 5.74) is 4.20. The van der Waals surface area contributed by atoms with Gasteiger partial charge >= 0.3 is 0 Å². The van der Waals surface area contributed by atoms with Crippen LogP contribution < -0.4 is 10.1 Å². The summed E-state index contributed by atoms with van der Waals surface area (Å²) in [6.45, 7) is 0. The van der Waals surface area contributed by atoms with Gasteiger partial charge < -0.3 is 10.1 Å². The van der Waals surface area contributed by atoms with Crippen LogP contribution in [0.1, 0.15) is 17.9 Å². The van der Waals surface area contributed by atoms with E-state index in [0.717, 1.165) is 28.7 Å². The summed E-state index contributed by atoms with van der Waals surface area (Å²) in [4.78, 5) is 17.1. The molecule has 32 heavy (non-hydrogen) atoms. The van der Waals surface area contributed by atoms with Crippen LogP contribution in [0.3, 0.4) is 0 Å². The Bertz CT molecular complexity index is 1260. The maximum absolute atomic E-state index is 12.8. The Balaban J connectivity index is 1.40. The lowest BCUT2D eigenvalue weighted by atomic mass is 9.99. The summed E-state index contributed by atoms with van der Waals surface area (Å²) in [6, 6.07) is 15.2. The molecule has 2 heterocycles. The SMILES string of the molecule is COc1cncc(-c2ccc(NC(=O)C3CC3c3ccc(Cl)cc3)cc2-c2nn[nH]n2)c1. The Labute approximate surface area is 189 Å². The fourth-order valence-corrected chi connectivity index (χ4v) is 3.94. The molecular formula is C23H19ClN6O2. The number of H-pyrrole nitrogens is 1. The minimum Gasteiger partial charge on any atom is -0.495 e. The first-order valence-corrected chi connectivity index (χ1v) is 10.4. The Kier molecular flexibility index (Phi) is 5.28. The van der Waals surface area contributed by atoms with E-state index in [-0.39, 0.29) is 17.7 Å². The van der Waals surface area contributed by atoms with Crippen LogP contribution in [0.5, 0.6) is 5.75 Å². The molecule has 2 aromatic carbocycles. The first-order valence-electron chi connectivity index (χ1n) is 10.1. The lowest BCUT2D eigenvalue weighted by Crippen LogP contribution is -2.14. The van der Waals surface area contributed by atoms with Gasteiger partial charge in [-0.3, -0.25) is 9.78 Å². The second kappa shape index (κ2) is 8.39. The van der Waals surface area contributed by atoms with Crippen molar-refractivity contribution in [1.82, 2.24) is 25.6 Å². The fraction of sp³-hybridized carbons (Fsp3) is 0.174. The lowest BCUT2D eigenvalue weighted by molar-refractivity contribution is -0.117. The molecule has 0 aliphatic heterocycles. The third-order valence-electron chi connectivity index (χ3n) is 5.56. The highest BCUT2D eigenvalue weighted by atomic mass is 35.5. The average molecular weight is 447 g/mol. The van der Waals surface area contributed by atoms with Crippen LogP contribution in [0, 0.1) is 5.92 Å². The number of nitrogens with zero attached hydrogens (tertiary/aromatic N) is 4. The molecule has 1 fully saturated rings. The zero-order valence-electron chi connectivity index (χ0n) is 17.1. The molecule has 160 valence electrons. The molecule has 0 radical (unpaired) electrons. The Hall–Kier alpha value is -3.78. The smallest absolute Gasteiger partial charge is 0.228 e. The van der Waals surface area contributed by atoms with Crippen molar-refractivity contribution < 1.29 is 9.53 Å². The molecule has 2 unspecified atom stereocenters. The number of methoxy groups -OCH3 is 1. The molecule has 2 atom stereocenters. The highest BCUT2D eigenvalue weighted by Crippen LogP contribution is 2.48. The summed E-state index contributed by atoms with van der Waals surface area (Å²) in [7, 11) is 1.59. The number of anilines is 1. The van der Waals surface area contributed by atoms with E-state index in [1.54, 1.807) is 19.5 Å². The molecule has 4 aromatic rings. The first-order chi connectivity index (χ1) is 15.6. The molecule has 0 bridgehead atoms. The number of carbonyl (C=O) groups excluding carboxylic acids is 1. The van der Waals surface area contributed by atoms with Gasteiger partial charge in [-0.2, -0.15) is 5.21 Å². The molecule has 9 heteroatoms. The van der Waals surface area contributed by atoms with Gasteiger partial charge in [0.2, 0.25) is 11.7 Å². The number of pyridine rings is 1. The van der Waals surface area contributed by atoms with Gasteiger partial charge in [0, 0.05) is 34.0 Å². The van der Waals surface area contributed by atoms with Gasteiger partial charge in [-0.15, -0.1) is 10.2 Å². The van der Waals surface area contributed by atoms with Crippen LogP contribution in [0.15, 0.2) is 60.9 Å². The number of carbonyl (C=O) groups is 1. The van der Waals surface area contributed by atoms with Crippen molar-refractivity contribution in [3.63, 3.8) is 0 Å². The van der Waals surface area contributed by atoms with Crippen LogP contribution in [0.25, 0.3) is 22.5 Å². The maximum atomic E-state index is 12.8. The average Bonchev–Trinajstić information content (AvgIpc) is 3.44. The molecule has 0 spiro atoms. The number of hydrogen-bond donors (Lipinski definition) is 2. The van der Waals surface area contributed by atoms with Crippen molar-refractivity contribution in [2.45, 2.75) is 12.3 Å². The van der Waals surface area contributed by atoms with E-state index in [1.165, 1.54) is 0 Å². The second-order valence-electron chi connectivity index (χ2n) is 7.60. The lowest BCUT2D eigenvalue weighted by Gasteiger charge is -2.11. The molecular weight excluding hydrogens is 428 g/mol. The predicted molar refractivity (Wildman–Crippen MR) is 120 cm³/mol. The van der Waals surface area contributed by atoms with Crippen LogP contribution >= 0.6 is 11.6 Å². The number of aromatic amines is 1. The van der Waals surface area contributed by atoms with Crippen molar-refractivity contribution in [1.29, 1.82) is 0 Å². The number of ether oxygens (including phenoxy) is 1. The third kappa shape index (κ3) is 4.04. The van der Waals surface area contributed by atoms with E-state index in [0.29, 0.717) is 22.3 Å². The Morgan fingerprint density at radius 2 is 1.97 bits per heavy atom. The minimum absolute atomic E-state index is 0.0141. The number of benzene rings is 2. The normalized spacial score (nSPS) is 17.1. The van der Waals surface area contributed by atoms with Crippen molar-refractivity contribution in [3.8, 4) is 28.3 Å². The van der Waals surface area contributed by atoms with Gasteiger partial charge in [0.25, 0.3) is 0 Å². The van der Waals surface area contributed by atoms with E-state index in [9.17, 15) is 4.79 Å². The van der Waals surface area contributed by atoms with Crippen LogP contribution in [-0.2, 0) is 4.79 Å². The molecule has 2 N–H and O–H groups in total. The molecule has 8 nitrogen and oxygen atoms in total. The monoisotopic (exact) mass is 446 g/mol. The standard InChI is InChI=1S/C23H19ClN6O2/c1-32-17-8-14(11-25-12-17)18-7-6-16(9-20(18)22-27-29-30-28-22)26-23(31)21-10-19(21)13-2-4-15(24)5-3-13/h2-9,11-12,19,21H,10H2,1H3,(H,26,31)(H,27,28,29,30). The van der Waals surface area contributed by atoms with Crippen LogP contribution in [0.4, 0.5) is 5.69 Å². The summed E-state index contributed by atoms with van der Waals surface area (Å²) >= 11 is 5.97. The van der Waals surface area contributed by atoms with Crippen LogP contribution in [-0.4, -0.2) is 38.6 Å². The molecule has 1 saturated carbocycles. The van der Waals surface area contributed by atoms with Gasteiger partial charge in [0.05, 0.1) is 13.3 Å². The van der Waals surface area contributed by atoms with E-state index < -0.39 is 0 Å². The van der Waals surface area contributed by atoms with Crippen molar-refractivity contribution in [3.05, 3.63) is 71.5 Å². The zero-order chi connectivity index (χ0) is 22.1. The largest absolute Gasteiger partial charge is 0.495 e. The van der Waals surface area contributed by atoms with Gasteiger partial charge in [-0.05, 0) is 59.0 Å². The fourth-order valence-electron chi connectivity index (χ4n) is 3.81. The van der Waals surface area contributed by atoms with Gasteiger partial charge in [0.1, 0.15) is 5.75 Å². The summed E-state index contributed by atoms with van der Waals surface area (Å²) < 4.78 is 5.29. The highest BCUT2D eigenvalue weighted by molar-refractivity contribution is 6.30. The second-order valence-corrected chi connectivity index (χ2v) is 8.04. The maximum Gasteiger partial charge on any atom is 0.228 e. The molecule has 0 saturated heterocycles. The van der Waals surface area contributed by atoms with E-state index in [4.69, 9.17) is 16.3 Å². The first kappa shape index (κ1) is 20.1. The van der Waals surface area contributed by atoms with E-state index in [2.05, 4.69) is 30.9 Å². The number of hydrogen-bond acceptors (Lipinski definition) is 6. The number of aromatic nitrogens is 5. The van der Waals surface area contributed by atoms with Gasteiger partial charge in [-0.1, -0.05) is 29.8 Å². The van der Waals surface area contributed by atoms with Crippen molar-refractivity contribution >= 4 is 23.2 Å². The highest BCUT2D eigenvalue weighted by Gasteiger charge is 2.43. The van der Waals surface area contributed by atoms with Crippen LogP contribution in [0.2, 0.25) is 5.02 Å².